The number of aromatic nitrogens is 1. The molecule has 1 aliphatic carbocycles. The lowest BCUT2D eigenvalue weighted by atomic mass is 9.70. The summed E-state index contributed by atoms with van der Waals surface area (Å²) < 4.78 is 46.8. The van der Waals surface area contributed by atoms with Crippen molar-refractivity contribution in [1.82, 2.24) is 9.88 Å². The summed E-state index contributed by atoms with van der Waals surface area (Å²) in [6.45, 7) is 1.54. The van der Waals surface area contributed by atoms with Gasteiger partial charge in [-0.15, -0.1) is 0 Å². The van der Waals surface area contributed by atoms with Gasteiger partial charge in [-0.25, -0.2) is 0 Å². The van der Waals surface area contributed by atoms with Gasteiger partial charge in [0, 0.05) is 72.2 Å². The van der Waals surface area contributed by atoms with E-state index in [2.05, 4.69) is 35.9 Å². The Morgan fingerprint density at radius 1 is 1.22 bits per heavy atom. The summed E-state index contributed by atoms with van der Waals surface area (Å²) in [5, 5.41) is 10.2. The Labute approximate surface area is 219 Å². The van der Waals surface area contributed by atoms with Crippen molar-refractivity contribution in [2.45, 2.75) is 51.5 Å². The maximum absolute atomic E-state index is 14.0. The number of piperidine rings is 1. The number of ketones is 1. The number of hydrogen-bond acceptors (Lipinski definition) is 5. The van der Waals surface area contributed by atoms with Crippen LogP contribution in [-0.2, 0) is 16.6 Å². The Bertz CT molecular complexity index is 1570. The van der Waals surface area contributed by atoms with Crippen LogP contribution in [0.5, 0.6) is 0 Å². The molecule has 0 spiro atoms. The number of anilines is 1. The van der Waals surface area contributed by atoms with Crippen molar-refractivity contribution in [3.8, 4) is 6.07 Å². The number of fused-ring (bicyclic) bond motifs is 4. The lowest BCUT2D eigenvalue weighted by molar-refractivity contribution is 0.0115. The molecule has 2 aliphatic heterocycles. The number of aromatic amines is 1. The Hall–Kier alpha value is -3.14. The largest absolute Gasteiger partial charge is 0.379 e. The third kappa shape index (κ3) is 3.56. The first-order valence-corrected chi connectivity index (χ1v) is 12.6. The molecule has 0 unspecified atom stereocenters. The van der Waals surface area contributed by atoms with Crippen molar-refractivity contribution in [2.24, 2.45) is 0 Å². The number of H-pyrrole nitrogens is 1. The molecule has 6 nitrogen and oxygen atoms in total. The number of nitrogens with one attached hydrogen (secondary N) is 1. The van der Waals surface area contributed by atoms with Crippen molar-refractivity contribution in [2.75, 3.05) is 44.2 Å². The Morgan fingerprint density at radius 3 is 2.72 bits per heavy atom. The molecule has 3 aromatic rings. The van der Waals surface area contributed by atoms with Gasteiger partial charge < -0.3 is 14.6 Å². The first kappa shape index (κ1) is 18.2. The molecule has 0 atom stereocenters. The van der Waals surface area contributed by atoms with E-state index in [4.69, 9.17) is 11.6 Å². The van der Waals surface area contributed by atoms with E-state index in [0.29, 0.717) is 49.0 Å². The van der Waals surface area contributed by atoms with Gasteiger partial charge in [0.15, 0.2) is 5.78 Å². The molecule has 0 amide bonds. The number of nitrogens with zero attached hydrogens (tertiary/aromatic N) is 3. The lowest BCUT2D eigenvalue weighted by Gasteiger charge is -2.42. The van der Waals surface area contributed by atoms with E-state index in [1.54, 1.807) is 12.1 Å². The number of nitriles is 1. The third-order valence-corrected chi connectivity index (χ3v) is 8.03. The minimum atomic E-state index is -1.88. The number of rotatable bonds is 3. The number of carbonyl (C=O) groups is 1. The summed E-state index contributed by atoms with van der Waals surface area (Å²) in [6, 6.07) is 11.3. The van der Waals surface area contributed by atoms with E-state index < -0.39 is 18.4 Å². The fraction of sp³-hybridized carbons (Fsp3) is 0.467. The number of aryl methyl sites for hydroxylation is 1. The fourth-order valence-corrected chi connectivity index (χ4v) is 6.03. The quantitative estimate of drug-likeness (QED) is 0.576. The summed E-state index contributed by atoms with van der Waals surface area (Å²) in [5.74, 6) is -0.0569. The van der Waals surface area contributed by atoms with E-state index in [1.165, 1.54) is 4.90 Å². The standard InChI is InChI=1S/C30H34N4O2/c1-4-20-16-23-24(17-26(20)34-9-7-21(8-10-34)33-11-13-36-14-12-33)30(2,3)29-27(28(23)35)22-6-5-19(18-31)15-25(22)32-29/h5-6,15-17,21,32H,4,7-14H2,1-3H3/i1D,11D2,12D2. The fourth-order valence-electron chi connectivity index (χ4n) is 6.03. The Balaban J connectivity index is 1.36. The summed E-state index contributed by atoms with van der Waals surface area (Å²) in [6.07, 6.45) is 1.68. The van der Waals surface area contributed by atoms with E-state index in [9.17, 15) is 10.1 Å². The normalized spacial score (nSPS) is 25.1. The van der Waals surface area contributed by atoms with Gasteiger partial charge in [0.2, 0.25) is 0 Å². The molecule has 2 saturated heterocycles. The molecule has 3 aliphatic rings. The highest BCUT2D eigenvalue weighted by Crippen LogP contribution is 2.46. The highest BCUT2D eigenvalue weighted by atomic mass is 16.5. The first-order chi connectivity index (χ1) is 19.4. The SMILES string of the molecule is [2H]CCc1cc2c(cc1N1CCC(N3C([2H])([2H])COCC3([2H])[2H])CC1)C(C)(C)c1[nH]c3cc(C#N)ccc3c1C2=O. The Morgan fingerprint density at radius 2 is 2.00 bits per heavy atom. The molecule has 0 radical (unpaired) electrons. The topological polar surface area (TPSA) is 72.4 Å². The van der Waals surface area contributed by atoms with Crippen molar-refractivity contribution in [3.05, 3.63) is 63.8 Å². The smallest absolute Gasteiger partial charge is 0.195 e. The van der Waals surface area contributed by atoms with Gasteiger partial charge in [0.25, 0.3) is 0 Å². The van der Waals surface area contributed by atoms with Gasteiger partial charge >= 0.3 is 0 Å². The van der Waals surface area contributed by atoms with E-state index in [1.807, 2.05) is 12.1 Å². The number of carbonyl (C=O) groups excluding carboxylic acids is 1. The number of benzene rings is 2. The molecule has 6 heteroatoms. The molecule has 36 heavy (non-hydrogen) atoms. The van der Waals surface area contributed by atoms with Crippen LogP contribution in [0.2, 0.25) is 0 Å². The lowest BCUT2D eigenvalue weighted by Crippen LogP contribution is -2.49. The predicted octanol–water partition coefficient (Wildman–Crippen LogP) is 4.77. The van der Waals surface area contributed by atoms with Gasteiger partial charge in [-0.1, -0.05) is 26.8 Å². The van der Waals surface area contributed by atoms with Gasteiger partial charge in [0.1, 0.15) is 0 Å². The van der Waals surface area contributed by atoms with Crippen LogP contribution in [0.1, 0.15) is 78.7 Å². The van der Waals surface area contributed by atoms with Crippen LogP contribution in [0.4, 0.5) is 5.69 Å². The molecule has 1 aromatic heterocycles. The zero-order valence-electron chi connectivity index (χ0n) is 25.8. The van der Waals surface area contributed by atoms with Gasteiger partial charge in [-0.3, -0.25) is 9.69 Å². The minimum Gasteiger partial charge on any atom is -0.379 e. The van der Waals surface area contributed by atoms with Gasteiger partial charge in [-0.05, 0) is 54.7 Å². The highest BCUT2D eigenvalue weighted by molar-refractivity contribution is 6.20. The average Bonchev–Trinajstić information content (AvgIpc) is 3.31. The van der Waals surface area contributed by atoms with Crippen LogP contribution in [0, 0.1) is 11.3 Å². The summed E-state index contributed by atoms with van der Waals surface area (Å²) in [7, 11) is 0. The van der Waals surface area contributed by atoms with Gasteiger partial charge in [0.05, 0.1) is 30.4 Å². The zero-order chi connectivity index (χ0) is 29.3. The van der Waals surface area contributed by atoms with E-state index >= 15 is 0 Å². The molecule has 0 saturated carbocycles. The van der Waals surface area contributed by atoms with Crippen LogP contribution in [0.25, 0.3) is 10.9 Å². The molecule has 2 aromatic carbocycles. The van der Waals surface area contributed by atoms with Crippen LogP contribution in [-0.4, -0.2) is 61.0 Å². The third-order valence-electron chi connectivity index (χ3n) is 8.03. The number of hydrogen-bond donors (Lipinski definition) is 1. The van der Waals surface area contributed by atoms with Crippen molar-refractivity contribution >= 4 is 22.4 Å². The second-order valence-electron chi connectivity index (χ2n) is 10.4. The summed E-state index contributed by atoms with van der Waals surface area (Å²) >= 11 is 0. The van der Waals surface area contributed by atoms with Crippen LogP contribution < -0.4 is 4.90 Å². The molecule has 2 fully saturated rings. The second kappa shape index (κ2) is 8.76. The molecule has 6 rings (SSSR count). The molecular weight excluding hydrogens is 448 g/mol. The first-order valence-electron chi connectivity index (χ1n) is 15.3. The molecular formula is C30H34N4O2. The summed E-state index contributed by atoms with van der Waals surface area (Å²) in [5.41, 5.74) is 5.72. The monoisotopic (exact) mass is 487 g/mol. The van der Waals surface area contributed by atoms with Crippen molar-refractivity contribution in [3.63, 3.8) is 0 Å². The van der Waals surface area contributed by atoms with Crippen LogP contribution in [0.15, 0.2) is 30.3 Å². The minimum absolute atomic E-state index is 0.0569. The zero-order valence-corrected chi connectivity index (χ0v) is 20.8. The highest BCUT2D eigenvalue weighted by Gasteiger charge is 2.40. The molecule has 0 bridgehead atoms. The van der Waals surface area contributed by atoms with Crippen LogP contribution in [0.3, 0.4) is 0 Å². The molecule has 3 heterocycles. The number of ether oxygens (including phenoxy) is 1. The van der Waals surface area contributed by atoms with Gasteiger partial charge in [-0.2, -0.15) is 5.26 Å². The molecule has 1 N–H and O–H groups in total. The number of morpholine rings is 1. The molecule has 186 valence electrons. The van der Waals surface area contributed by atoms with E-state index in [0.717, 1.165) is 33.4 Å². The second-order valence-corrected chi connectivity index (χ2v) is 10.4. The average molecular weight is 488 g/mol. The summed E-state index contributed by atoms with van der Waals surface area (Å²) in [4.78, 5) is 21.0. The van der Waals surface area contributed by atoms with Crippen molar-refractivity contribution in [1.29, 1.82) is 5.26 Å². The van der Waals surface area contributed by atoms with Crippen molar-refractivity contribution < 1.29 is 16.4 Å². The van der Waals surface area contributed by atoms with E-state index in [-0.39, 0.29) is 31.9 Å². The Kier molecular flexibility index (Phi) is 4.42. The maximum Gasteiger partial charge on any atom is 0.195 e. The van der Waals surface area contributed by atoms with Crippen LogP contribution >= 0.6 is 0 Å². The maximum atomic E-state index is 14.0. The predicted molar refractivity (Wildman–Crippen MR) is 142 cm³/mol.